The Morgan fingerprint density at radius 2 is 1.96 bits per heavy atom. The molecule has 116 valence electrons. The van der Waals surface area contributed by atoms with Gasteiger partial charge < -0.3 is 0 Å². The van der Waals surface area contributed by atoms with E-state index in [1.54, 1.807) is 0 Å². The number of fused-ring (bicyclic) bond motifs is 1. The SMILES string of the molecule is CS/C(CC(=O)c1ccc(Br)cc1)=N\c1nc2ccccc2s1. The van der Waals surface area contributed by atoms with Crippen molar-refractivity contribution in [2.45, 2.75) is 6.42 Å². The Balaban J connectivity index is 1.81. The van der Waals surface area contributed by atoms with Gasteiger partial charge in [0.05, 0.1) is 21.7 Å². The number of hydrogen-bond acceptors (Lipinski definition) is 5. The van der Waals surface area contributed by atoms with Crippen LogP contribution in [0.5, 0.6) is 0 Å². The fourth-order valence-electron chi connectivity index (χ4n) is 2.05. The summed E-state index contributed by atoms with van der Waals surface area (Å²) in [7, 11) is 0. The molecule has 0 amide bonds. The maximum Gasteiger partial charge on any atom is 0.210 e. The first-order chi connectivity index (χ1) is 11.2. The van der Waals surface area contributed by atoms with Crippen LogP contribution in [-0.2, 0) is 0 Å². The summed E-state index contributed by atoms with van der Waals surface area (Å²) in [5.41, 5.74) is 1.63. The Hall–Kier alpha value is -1.50. The summed E-state index contributed by atoms with van der Waals surface area (Å²) < 4.78 is 2.06. The number of aromatic nitrogens is 1. The van der Waals surface area contributed by atoms with Crippen molar-refractivity contribution in [2.75, 3.05) is 6.26 Å². The molecule has 0 saturated heterocycles. The number of hydrogen-bond donors (Lipinski definition) is 0. The van der Waals surface area contributed by atoms with Crippen molar-refractivity contribution in [3.63, 3.8) is 0 Å². The van der Waals surface area contributed by atoms with Gasteiger partial charge in [-0.05, 0) is 30.5 Å². The minimum Gasteiger partial charge on any atom is -0.294 e. The lowest BCUT2D eigenvalue weighted by atomic mass is 10.1. The van der Waals surface area contributed by atoms with Crippen molar-refractivity contribution in [2.24, 2.45) is 4.99 Å². The first kappa shape index (κ1) is 16.4. The molecule has 0 aliphatic rings. The fraction of sp³-hybridized carbons (Fsp3) is 0.118. The van der Waals surface area contributed by atoms with Crippen LogP contribution in [0, 0.1) is 0 Å². The highest BCUT2D eigenvalue weighted by Gasteiger charge is 2.11. The van der Waals surface area contributed by atoms with E-state index in [1.807, 2.05) is 54.8 Å². The standard InChI is InChI=1S/C17H13BrN2OS2/c1-22-16(10-14(21)11-6-8-12(18)9-7-11)20-17-19-13-4-2-3-5-15(13)23-17/h2-9H,10H2,1H3/b20-16-. The molecule has 23 heavy (non-hydrogen) atoms. The molecule has 3 nitrogen and oxygen atoms in total. The zero-order valence-corrected chi connectivity index (χ0v) is 15.5. The summed E-state index contributed by atoms with van der Waals surface area (Å²) in [6.45, 7) is 0. The molecular formula is C17H13BrN2OS2. The number of ketones is 1. The van der Waals surface area contributed by atoms with Crippen molar-refractivity contribution in [1.82, 2.24) is 4.98 Å². The number of para-hydroxylation sites is 1. The van der Waals surface area contributed by atoms with Crippen LogP contribution >= 0.6 is 39.0 Å². The molecule has 0 atom stereocenters. The van der Waals surface area contributed by atoms with Gasteiger partial charge in [0.1, 0.15) is 0 Å². The monoisotopic (exact) mass is 404 g/mol. The molecule has 1 heterocycles. The Bertz CT molecular complexity index is 839. The zero-order valence-electron chi connectivity index (χ0n) is 12.3. The number of rotatable bonds is 4. The highest BCUT2D eigenvalue weighted by atomic mass is 79.9. The van der Waals surface area contributed by atoms with Gasteiger partial charge in [-0.3, -0.25) is 4.79 Å². The minimum absolute atomic E-state index is 0.0618. The van der Waals surface area contributed by atoms with Crippen LogP contribution in [0.1, 0.15) is 16.8 Å². The van der Waals surface area contributed by atoms with Crippen LogP contribution in [0.3, 0.4) is 0 Å². The fourth-order valence-corrected chi connectivity index (χ4v) is 3.68. The number of benzene rings is 2. The molecule has 0 bridgehead atoms. The summed E-state index contributed by atoms with van der Waals surface area (Å²) in [5.74, 6) is 0.0618. The lowest BCUT2D eigenvalue weighted by Crippen LogP contribution is -2.05. The second kappa shape index (κ2) is 7.38. The Morgan fingerprint density at radius 3 is 2.65 bits per heavy atom. The number of Topliss-reactive ketones (excluding diaryl/α,β-unsaturated/α-hetero) is 1. The van der Waals surface area contributed by atoms with Crippen molar-refractivity contribution in [1.29, 1.82) is 0 Å². The largest absolute Gasteiger partial charge is 0.294 e. The Morgan fingerprint density at radius 1 is 1.22 bits per heavy atom. The number of nitrogens with zero attached hydrogens (tertiary/aromatic N) is 2. The third-order valence-corrected chi connectivity index (χ3v) is 5.38. The van der Waals surface area contributed by atoms with Crippen LogP contribution in [0.25, 0.3) is 10.2 Å². The van der Waals surface area contributed by atoms with E-state index in [0.717, 1.165) is 19.7 Å². The molecule has 0 unspecified atom stereocenters. The van der Waals surface area contributed by atoms with E-state index in [9.17, 15) is 4.79 Å². The van der Waals surface area contributed by atoms with E-state index in [4.69, 9.17) is 0 Å². The third-order valence-electron chi connectivity index (χ3n) is 3.22. The highest BCUT2D eigenvalue weighted by Crippen LogP contribution is 2.29. The normalized spacial score (nSPS) is 11.8. The van der Waals surface area contributed by atoms with Gasteiger partial charge in [-0.1, -0.05) is 51.5 Å². The van der Waals surface area contributed by atoms with Crippen molar-refractivity contribution in [3.8, 4) is 0 Å². The van der Waals surface area contributed by atoms with Gasteiger partial charge in [-0.15, -0.1) is 11.8 Å². The number of carbonyl (C=O) groups is 1. The van der Waals surface area contributed by atoms with E-state index < -0.39 is 0 Å². The summed E-state index contributed by atoms with van der Waals surface area (Å²) in [4.78, 5) is 21.4. The Kier molecular flexibility index (Phi) is 5.25. The molecule has 2 aromatic carbocycles. The predicted molar refractivity (Wildman–Crippen MR) is 103 cm³/mol. The molecule has 6 heteroatoms. The molecule has 0 aliphatic carbocycles. The molecule has 3 rings (SSSR count). The minimum atomic E-state index is 0.0618. The van der Waals surface area contributed by atoms with Crippen molar-refractivity contribution < 1.29 is 4.79 Å². The van der Waals surface area contributed by atoms with E-state index >= 15 is 0 Å². The van der Waals surface area contributed by atoms with Gasteiger partial charge in [0.2, 0.25) is 5.13 Å². The topological polar surface area (TPSA) is 42.3 Å². The van der Waals surface area contributed by atoms with Gasteiger partial charge in [0, 0.05) is 10.0 Å². The molecule has 0 N–H and O–H groups in total. The highest BCUT2D eigenvalue weighted by molar-refractivity contribution is 9.10. The lowest BCUT2D eigenvalue weighted by Gasteiger charge is -2.02. The first-order valence-corrected chi connectivity index (χ1v) is 9.75. The number of aliphatic imine (C=N–C) groups is 1. The van der Waals surface area contributed by atoms with Crippen LogP contribution < -0.4 is 0 Å². The van der Waals surface area contributed by atoms with E-state index in [1.165, 1.54) is 23.1 Å². The number of thioether (sulfide) groups is 1. The first-order valence-electron chi connectivity index (χ1n) is 6.91. The van der Waals surface area contributed by atoms with Gasteiger partial charge in [0.25, 0.3) is 0 Å². The second-order valence-electron chi connectivity index (χ2n) is 4.78. The second-order valence-corrected chi connectivity index (χ2v) is 7.58. The predicted octanol–water partition coefficient (Wildman–Crippen LogP) is 5.72. The van der Waals surface area contributed by atoms with Gasteiger partial charge in [0.15, 0.2) is 5.78 Å². The van der Waals surface area contributed by atoms with Gasteiger partial charge in [-0.25, -0.2) is 9.98 Å². The molecule has 0 spiro atoms. The van der Waals surface area contributed by atoms with E-state index in [2.05, 4.69) is 25.9 Å². The molecular weight excluding hydrogens is 392 g/mol. The summed E-state index contributed by atoms with van der Waals surface area (Å²) >= 11 is 6.40. The van der Waals surface area contributed by atoms with Crippen LogP contribution in [0.4, 0.5) is 5.13 Å². The molecule has 0 fully saturated rings. The van der Waals surface area contributed by atoms with Gasteiger partial charge >= 0.3 is 0 Å². The van der Waals surface area contributed by atoms with Gasteiger partial charge in [-0.2, -0.15) is 0 Å². The molecule has 0 radical (unpaired) electrons. The third kappa shape index (κ3) is 4.07. The van der Waals surface area contributed by atoms with Crippen molar-refractivity contribution >= 4 is 65.2 Å². The maximum atomic E-state index is 12.4. The molecule has 0 aliphatic heterocycles. The number of carbonyl (C=O) groups excluding carboxylic acids is 1. The van der Waals surface area contributed by atoms with Crippen LogP contribution in [0.2, 0.25) is 0 Å². The number of halogens is 1. The van der Waals surface area contributed by atoms with E-state index in [-0.39, 0.29) is 5.78 Å². The zero-order chi connectivity index (χ0) is 16.2. The van der Waals surface area contributed by atoms with E-state index in [0.29, 0.717) is 17.1 Å². The molecule has 3 aromatic rings. The summed E-state index contributed by atoms with van der Waals surface area (Å²) in [6, 6.07) is 15.3. The average molecular weight is 405 g/mol. The van der Waals surface area contributed by atoms with Crippen LogP contribution in [0.15, 0.2) is 58.0 Å². The molecule has 0 saturated carbocycles. The van der Waals surface area contributed by atoms with Crippen LogP contribution in [-0.4, -0.2) is 22.1 Å². The number of thiazole rings is 1. The maximum absolute atomic E-state index is 12.4. The summed E-state index contributed by atoms with van der Waals surface area (Å²) in [6.07, 6.45) is 2.22. The smallest absolute Gasteiger partial charge is 0.210 e. The quantitative estimate of drug-likeness (QED) is 0.317. The average Bonchev–Trinajstić information content (AvgIpc) is 2.97. The Labute approximate surface area is 151 Å². The summed E-state index contributed by atoms with van der Waals surface area (Å²) in [5, 5.41) is 1.47. The lowest BCUT2D eigenvalue weighted by molar-refractivity contribution is 0.100. The molecule has 1 aromatic heterocycles. The van der Waals surface area contributed by atoms with Crippen molar-refractivity contribution in [3.05, 3.63) is 58.6 Å².